The first kappa shape index (κ1) is 24.5. The second-order valence-corrected chi connectivity index (χ2v) is 9.90. The Hall–Kier alpha value is -4.23. The van der Waals surface area contributed by atoms with Crippen LogP contribution in [0, 0.1) is 0 Å². The average molecular weight is 511 g/mol. The molecule has 0 saturated carbocycles. The Balaban J connectivity index is 1.34. The lowest BCUT2D eigenvalue weighted by molar-refractivity contribution is 0.0924. The number of fused-ring (bicyclic) bond motifs is 3. The third kappa shape index (κ3) is 4.66. The molecule has 1 unspecified atom stereocenters. The highest BCUT2D eigenvalue weighted by molar-refractivity contribution is 8.00. The Morgan fingerprint density at radius 1 is 0.757 bits per heavy atom. The maximum Gasteiger partial charge on any atom is 0.263 e. The zero-order valence-corrected chi connectivity index (χ0v) is 21.5. The molecule has 1 heterocycles. The number of methoxy groups -OCH3 is 2. The molecule has 0 aliphatic carbocycles. The number of ether oxygens (including phenoxy) is 2. The van der Waals surface area contributed by atoms with Crippen LogP contribution < -0.4 is 14.8 Å². The summed E-state index contributed by atoms with van der Waals surface area (Å²) in [6, 6.07) is 28.6. The van der Waals surface area contributed by atoms with Gasteiger partial charge in [0.25, 0.3) is 5.91 Å². The van der Waals surface area contributed by atoms with Crippen molar-refractivity contribution in [1.82, 2.24) is 4.57 Å². The second-order valence-electron chi connectivity index (χ2n) is 8.48. The van der Waals surface area contributed by atoms with Gasteiger partial charge in [0.15, 0.2) is 0 Å². The lowest BCUT2D eigenvalue weighted by Crippen LogP contribution is -2.21. The number of rotatable bonds is 7. The van der Waals surface area contributed by atoms with Crippen molar-refractivity contribution in [1.29, 1.82) is 0 Å². The number of nitrogens with zero attached hydrogens (tertiary/aromatic N) is 1. The summed E-state index contributed by atoms with van der Waals surface area (Å²) in [5.74, 6) is 0.551. The van der Waals surface area contributed by atoms with Gasteiger partial charge in [0.1, 0.15) is 17.1 Å². The predicted octanol–water partition coefficient (Wildman–Crippen LogP) is 6.89. The minimum absolute atomic E-state index is 0.0167. The van der Waals surface area contributed by atoms with E-state index in [1.54, 1.807) is 18.2 Å². The lowest BCUT2D eigenvalue weighted by atomic mass is 10.1. The molecule has 0 aliphatic heterocycles. The zero-order chi connectivity index (χ0) is 25.9. The molecule has 0 bridgehead atoms. The quantitative estimate of drug-likeness (QED) is 0.242. The molecule has 0 spiro atoms. The van der Waals surface area contributed by atoms with E-state index in [-0.39, 0.29) is 17.1 Å². The molecular formula is C30H26N2O4S. The van der Waals surface area contributed by atoms with Crippen molar-refractivity contribution in [3.63, 3.8) is 0 Å². The van der Waals surface area contributed by atoms with Crippen LogP contribution in [0.2, 0.25) is 0 Å². The molecular weight excluding hydrogens is 484 g/mol. The Kier molecular flexibility index (Phi) is 6.88. The van der Waals surface area contributed by atoms with Crippen molar-refractivity contribution in [3.05, 3.63) is 96.6 Å². The van der Waals surface area contributed by atoms with Crippen molar-refractivity contribution in [2.45, 2.75) is 17.1 Å². The van der Waals surface area contributed by atoms with E-state index in [4.69, 9.17) is 9.47 Å². The zero-order valence-electron chi connectivity index (χ0n) is 20.7. The molecule has 1 N–H and O–H groups in total. The van der Waals surface area contributed by atoms with Crippen LogP contribution >= 0.6 is 11.8 Å². The normalized spacial score (nSPS) is 11.9. The molecule has 4 aromatic carbocycles. The molecule has 7 heteroatoms. The molecule has 1 amide bonds. The van der Waals surface area contributed by atoms with Crippen LogP contribution in [0.25, 0.3) is 21.8 Å². The Morgan fingerprint density at radius 3 is 1.84 bits per heavy atom. The summed E-state index contributed by atoms with van der Waals surface area (Å²) < 4.78 is 12.5. The summed E-state index contributed by atoms with van der Waals surface area (Å²) in [6.45, 7) is 1.92. The molecule has 5 aromatic rings. The van der Waals surface area contributed by atoms with E-state index < -0.39 is 0 Å². The highest BCUT2D eigenvalue weighted by Crippen LogP contribution is 2.33. The first-order valence-electron chi connectivity index (χ1n) is 11.8. The number of para-hydroxylation sites is 2. The van der Waals surface area contributed by atoms with Crippen LogP contribution in [-0.2, 0) is 0 Å². The number of thioether (sulfide) groups is 1. The summed E-state index contributed by atoms with van der Waals surface area (Å²) in [4.78, 5) is 27.5. The molecule has 5 rings (SSSR count). The van der Waals surface area contributed by atoms with Crippen LogP contribution in [-0.4, -0.2) is 35.9 Å². The van der Waals surface area contributed by atoms with Gasteiger partial charge in [-0.3, -0.25) is 14.2 Å². The lowest BCUT2D eigenvalue weighted by Gasteiger charge is -2.14. The van der Waals surface area contributed by atoms with Crippen LogP contribution in [0.1, 0.15) is 22.1 Å². The highest BCUT2D eigenvalue weighted by Gasteiger charge is 2.22. The van der Waals surface area contributed by atoms with E-state index in [2.05, 4.69) is 5.32 Å². The minimum Gasteiger partial charge on any atom is -0.496 e. The van der Waals surface area contributed by atoms with E-state index in [0.29, 0.717) is 22.7 Å². The van der Waals surface area contributed by atoms with Gasteiger partial charge in [0, 0.05) is 21.4 Å². The molecule has 0 radical (unpaired) electrons. The predicted molar refractivity (Wildman–Crippen MR) is 149 cm³/mol. The first-order chi connectivity index (χ1) is 18.0. The second kappa shape index (κ2) is 10.4. The topological polar surface area (TPSA) is 69.6 Å². The van der Waals surface area contributed by atoms with E-state index in [1.807, 2.05) is 84.3 Å². The van der Waals surface area contributed by atoms with Crippen LogP contribution in [0.15, 0.2) is 95.9 Å². The average Bonchev–Trinajstić information content (AvgIpc) is 3.27. The van der Waals surface area contributed by atoms with Gasteiger partial charge in [-0.2, -0.15) is 0 Å². The fraction of sp³-hybridized carbons (Fsp3) is 0.133. The molecule has 0 fully saturated rings. The van der Waals surface area contributed by atoms with Gasteiger partial charge < -0.3 is 14.8 Å². The fourth-order valence-corrected chi connectivity index (χ4v) is 5.39. The van der Waals surface area contributed by atoms with E-state index in [0.717, 1.165) is 26.7 Å². The summed E-state index contributed by atoms with van der Waals surface area (Å²) in [6.07, 6.45) is 0. The summed E-state index contributed by atoms with van der Waals surface area (Å²) in [7, 11) is 3.03. The Bertz CT molecular complexity index is 1530. The van der Waals surface area contributed by atoms with Crippen LogP contribution in [0.5, 0.6) is 11.5 Å². The van der Waals surface area contributed by atoms with Crippen molar-refractivity contribution in [3.8, 4) is 11.5 Å². The number of hydrogen-bond acceptors (Lipinski definition) is 5. The number of hydrogen-bond donors (Lipinski definition) is 1. The van der Waals surface area contributed by atoms with Gasteiger partial charge in [-0.25, -0.2) is 0 Å². The SMILES string of the molecule is COc1cccc(OC)c1C(=O)Nc1ccc(SC(C)C(=O)n2c3ccccc3c3ccccc32)cc1. The van der Waals surface area contributed by atoms with Crippen molar-refractivity contribution in [2.75, 3.05) is 19.5 Å². The van der Waals surface area contributed by atoms with E-state index >= 15 is 0 Å². The number of carbonyl (C=O) groups is 2. The van der Waals surface area contributed by atoms with Gasteiger partial charge in [-0.1, -0.05) is 42.5 Å². The maximum atomic E-state index is 13.6. The van der Waals surface area contributed by atoms with Crippen LogP contribution in [0.3, 0.4) is 0 Å². The number of anilines is 1. The highest BCUT2D eigenvalue weighted by atomic mass is 32.2. The van der Waals surface area contributed by atoms with Gasteiger partial charge in [0.2, 0.25) is 5.91 Å². The van der Waals surface area contributed by atoms with Gasteiger partial charge >= 0.3 is 0 Å². The van der Waals surface area contributed by atoms with Gasteiger partial charge in [0.05, 0.1) is 30.5 Å². The number of benzene rings is 4. The molecule has 0 saturated heterocycles. The Labute approximate surface area is 219 Å². The minimum atomic E-state index is -0.329. The first-order valence-corrected chi connectivity index (χ1v) is 12.7. The third-order valence-electron chi connectivity index (χ3n) is 6.23. The van der Waals surface area contributed by atoms with Gasteiger partial charge in [-0.05, 0) is 55.5 Å². The fourth-order valence-electron chi connectivity index (χ4n) is 4.48. The molecule has 1 aromatic heterocycles. The van der Waals surface area contributed by atoms with Crippen molar-refractivity contribution >= 4 is 51.1 Å². The maximum absolute atomic E-state index is 13.6. The van der Waals surface area contributed by atoms with E-state index in [9.17, 15) is 9.59 Å². The smallest absolute Gasteiger partial charge is 0.263 e. The number of aromatic nitrogens is 1. The monoisotopic (exact) mass is 510 g/mol. The number of nitrogens with one attached hydrogen (secondary N) is 1. The van der Waals surface area contributed by atoms with Crippen molar-refractivity contribution in [2.24, 2.45) is 0 Å². The summed E-state index contributed by atoms with van der Waals surface area (Å²) >= 11 is 1.48. The Morgan fingerprint density at radius 2 is 1.30 bits per heavy atom. The third-order valence-corrected chi connectivity index (χ3v) is 7.33. The standard InChI is InChI=1S/C30H26N2O4S/c1-19(30(34)32-24-11-6-4-9-22(24)23-10-5-7-12-25(23)32)37-21-17-15-20(16-18-21)31-29(33)28-26(35-2)13-8-14-27(28)36-3/h4-19H,1-3H3,(H,31,33). The van der Waals surface area contributed by atoms with Crippen LogP contribution in [0.4, 0.5) is 5.69 Å². The number of amides is 1. The van der Waals surface area contributed by atoms with Gasteiger partial charge in [-0.15, -0.1) is 11.8 Å². The molecule has 37 heavy (non-hydrogen) atoms. The largest absolute Gasteiger partial charge is 0.496 e. The molecule has 6 nitrogen and oxygen atoms in total. The molecule has 0 aliphatic rings. The molecule has 186 valence electrons. The number of carbonyl (C=O) groups excluding carboxylic acids is 2. The summed E-state index contributed by atoms with van der Waals surface area (Å²) in [5, 5.41) is 4.70. The van der Waals surface area contributed by atoms with E-state index in [1.165, 1.54) is 26.0 Å². The summed E-state index contributed by atoms with van der Waals surface area (Å²) in [5.41, 5.74) is 2.77. The molecule has 1 atom stereocenters. The van der Waals surface area contributed by atoms with Crippen molar-refractivity contribution < 1.29 is 19.1 Å².